The maximum Gasteiger partial charge on any atom is 0.259 e. The van der Waals surface area contributed by atoms with Gasteiger partial charge in [0.2, 0.25) is 0 Å². The molecule has 4 nitrogen and oxygen atoms in total. The molecule has 0 saturated heterocycles. The second kappa shape index (κ2) is 9.92. The molecule has 0 unspecified atom stereocenters. The summed E-state index contributed by atoms with van der Waals surface area (Å²) in [5.41, 5.74) is 4.95. The van der Waals surface area contributed by atoms with Gasteiger partial charge < -0.3 is 10.2 Å². The van der Waals surface area contributed by atoms with Crippen molar-refractivity contribution in [3.8, 4) is 0 Å². The molecule has 4 rings (SSSR count). The van der Waals surface area contributed by atoms with Gasteiger partial charge in [-0.1, -0.05) is 43.2 Å². The van der Waals surface area contributed by atoms with Gasteiger partial charge in [0.1, 0.15) is 5.00 Å². The highest BCUT2D eigenvalue weighted by atomic mass is 32.1. The number of benzene rings is 2. The SMILES string of the molecule is CN(C)c1ccc(C=Nc2sc3c(c2C(=O)Nc2ccccc2)CCCCCC3)cc1. The molecule has 31 heavy (non-hydrogen) atoms. The van der Waals surface area contributed by atoms with Crippen molar-refractivity contribution in [2.24, 2.45) is 4.99 Å². The molecule has 1 heterocycles. The fourth-order valence-corrected chi connectivity index (χ4v) is 5.17. The summed E-state index contributed by atoms with van der Waals surface area (Å²) in [6.07, 6.45) is 8.67. The molecule has 0 bridgehead atoms. The first-order valence-corrected chi connectivity index (χ1v) is 11.8. The number of carbonyl (C=O) groups is 1. The van der Waals surface area contributed by atoms with E-state index in [1.54, 1.807) is 11.3 Å². The molecule has 1 aliphatic rings. The lowest BCUT2D eigenvalue weighted by molar-refractivity contribution is 0.102. The first-order chi connectivity index (χ1) is 15.1. The van der Waals surface area contributed by atoms with Crippen LogP contribution in [-0.4, -0.2) is 26.2 Å². The van der Waals surface area contributed by atoms with Crippen molar-refractivity contribution in [2.75, 3.05) is 24.3 Å². The van der Waals surface area contributed by atoms with E-state index in [1.165, 1.54) is 29.7 Å². The fourth-order valence-electron chi connectivity index (χ4n) is 3.94. The molecule has 0 aliphatic heterocycles. The maximum absolute atomic E-state index is 13.3. The lowest BCUT2D eigenvalue weighted by Crippen LogP contribution is -2.14. The Morgan fingerprint density at radius 3 is 2.39 bits per heavy atom. The first kappa shape index (κ1) is 21.3. The summed E-state index contributed by atoms with van der Waals surface area (Å²) >= 11 is 1.68. The third kappa shape index (κ3) is 5.23. The van der Waals surface area contributed by atoms with E-state index in [-0.39, 0.29) is 5.91 Å². The Kier molecular flexibility index (Phi) is 6.82. The fraction of sp³-hybridized carbons (Fsp3) is 0.308. The van der Waals surface area contributed by atoms with Gasteiger partial charge in [-0.05, 0) is 61.1 Å². The van der Waals surface area contributed by atoms with E-state index in [0.29, 0.717) is 0 Å². The second-order valence-electron chi connectivity index (χ2n) is 8.16. The molecule has 160 valence electrons. The summed E-state index contributed by atoms with van der Waals surface area (Å²) in [6, 6.07) is 17.9. The number of para-hydroxylation sites is 1. The summed E-state index contributed by atoms with van der Waals surface area (Å²) in [5, 5.41) is 3.89. The monoisotopic (exact) mass is 431 g/mol. The minimum absolute atomic E-state index is 0.0561. The van der Waals surface area contributed by atoms with Crippen LogP contribution in [0.25, 0.3) is 0 Å². The Bertz CT molecular complexity index is 1050. The van der Waals surface area contributed by atoms with Gasteiger partial charge in [-0.3, -0.25) is 4.79 Å². The third-order valence-electron chi connectivity index (χ3n) is 5.65. The summed E-state index contributed by atoms with van der Waals surface area (Å²) in [4.78, 5) is 21.5. The van der Waals surface area contributed by atoms with Gasteiger partial charge in [-0.15, -0.1) is 11.3 Å². The zero-order valence-electron chi connectivity index (χ0n) is 18.2. The van der Waals surface area contributed by atoms with Gasteiger partial charge >= 0.3 is 0 Å². The molecule has 0 fully saturated rings. The Morgan fingerprint density at radius 2 is 1.68 bits per heavy atom. The molecule has 3 aromatic rings. The Balaban J connectivity index is 1.67. The lowest BCUT2D eigenvalue weighted by Gasteiger charge is -2.12. The number of hydrogen-bond donors (Lipinski definition) is 1. The average molecular weight is 432 g/mol. The molecule has 0 saturated carbocycles. The summed E-state index contributed by atoms with van der Waals surface area (Å²) < 4.78 is 0. The zero-order valence-corrected chi connectivity index (χ0v) is 19.0. The van der Waals surface area contributed by atoms with Gasteiger partial charge in [0.05, 0.1) is 5.56 Å². The lowest BCUT2D eigenvalue weighted by atomic mass is 9.96. The number of nitrogens with one attached hydrogen (secondary N) is 1. The Morgan fingerprint density at radius 1 is 0.968 bits per heavy atom. The smallest absolute Gasteiger partial charge is 0.259 e. The summed E-state index contributed by atoms with van der Waals surface area (Å²) in [7, 11) is 4.06. The quantitative estimate of drug-likeness (QED) is 0.470. The number of aliphatic imine (C=N–C) groups is 1. The van der Waals surface area contributed by atoms with E-state index >= 15 is 0 Å². The van der Waals surface area contributed by atoms with Gasteiger partial charge in [-0.2, -0.15) is 0 Å². The zero-order chi connectivity index (χ0) is 21.6. The van der Waals surface area contributed by atoms with E-state index in [2.05, 4.69) is 34.5 Å². The topological polar surface area (TPSA) is 44.7 Å². The number of fused-ring (bicyclic) bond motifs is 1. The van der Waals surface area contributed by atoms with Crippen molar-refractivity contribution >= 4 is 39.8 Å². The van der Waals surface area contributed by atoms with Crippen LogP contribution >= 0.6 is 11.3 Å². The van der Waals surface area contributed by atoms with E-state index in [0.717, 1.165) is 46.8 Å². The number of rotatable bonds is 5. The Labute approximate surface area is 188 Å². The van der Waals surface area contributed by atoms with Crippen LogP contribution in [-0.2, 0) is 12.8 Å². The molecule has 1 aliphatic carbocycles. The van der Waals surface area contributed by atoms with Crippen molar-refractivity contribution in [1.82, 2.24) is 0 Å². The second-order valence-corrected chi connectivity index (χ2v) is 9.25. The van der Waals surface area contributed by atoms with Gasteiger partial charge in [0.25, 0.3) is 5.91 Å². The van der Waals surface area contributed by atoms with E-state index in [9.17, 15) is 4.79 Å². The molecule has 5 heteroatoms. The molecular formula is C26H29N3OS. The summed E-state index contributed by atoms with van der Waals surface area (Å²) in [5.74, 6) is -0.0561. The van der Waals surface area contributed by atoms with Crippen LogP contribution in [0.4, 0.5) is 16.4 Å². The highest BCUT2D eigenvalue weighted by Gasteiger charge is 2.24. The molecular weight excluding hydrogens is 402 g/mol. The van der Waals surface area contributed by atoms with Crippen molar-refractivity contribution in [3.05, 3.63) is 76.2 Å². The number of carbonyl (C=O) groups excluding carboxylic acids is 1. The molecule has 0 atom stereocenters. The normalized spacial score (nSPS) is 14.0. The van der Waals surface area contributed by atoms with Gasteiger partial charge in [0.15, 0.2) is 0 Å². The van der Waals surface area contributed by atoms with E-state index in [1.807, 2.05) is 50.6 Å². The predicted molar refractivity (Wildman–Crippen MR) is 133 cm³/mol. The van der Waals surface area contributed by atoms with E-state index < -0.39 is 0 Å². The molecule has 0 radical (unpaired) electrons. The first-order valence-electron chi connectivity index (χ1n) is 10.9. The van der Waals surface area contributed by atoms with Gasteiger partial charge in [0, 0.05) is 36.6 Å². The third-order valence-corrected chi connectivity index (χ3v) is 6.85. The Hall–Kier alpha value is -2.92. The van der Waals surface area contributed by atoms with Crippen molar-refractivity contribution in [2.45, 2.75) is 38.5 Å². The van der Waals surface area contributed by atoms with Crippen molar-refractivity contribution < 1.29 is 4.79 Å². The number of anilines is 2. The maximum atomic E-state index is 13.3. The number of amides is 1. The summed E-state index contributed by atoms with van der Waals surface area (Å²) in [6.45, 7) is 0. The highest BCUT2D eigenvalue weighted by Crippen LogP contribution is 2.39. The molecule has 1 N–H and O–H groups in total. The minimum Gasteiger partial charge on any atom is -0.378 e. The number of hydrogen-bond acceptors (Lipinski definition) is 4. The standard InChI is InChI=1S/C26H29N3OS/c1-29(2)21-16-14-19(15-17-21)18-27-26-24(25(30)28-20-10-6-5-7-11-20)22-12-8-3-4-9-13-23(22)31-26/h5-7,10-11,14-18H,3-4,8-9,12-13H2,1-2H3,(H,28,30). The largest absolute Gasteiger partial charge is 0.378 e. The van der Waals surface area contributed by atoms with Crippen molar-refractivity contribution in [3.63, 3.8) is 0 Å². The highest BCUT2D eigenvalue weighted by molar-refractivity contribution is 7.16. The van der Waals surface area contributed by atoms with Crippen molar-refractivity contribution in [1.29, 1.82) is 0 Å². The van der Waals surface area contributed by atoms with Crippen LogP contribution < -0.4 is 10.2 Å². The van der Waals surface area contributed by atoms with Crippen LogP contribution in [0.2, 0.25) is 0 Å². The predicted octanol–water partition coefficient (Wildman–Crippen LogP) is 6.48. The molecule has 1 aromatic heterocycles. The van der Waals surface area contributed by atoms with Crippen LogP contribution in [0.1, 0.15) is 52.0 Å². The molecule has 0 spiro atoms. The minimum atomic E-state index is -0.0561. The number of aryl methyl sites for hydroxylation is 1. The number of nitrogens with zero attached hydrogens (tertiary/aromatic N) is 2. The molecule has 2 aromatic carbocycles. The van der Waals surface area contributed by atoms with Crippen LogP contribution in [0.3, 0.4) is 0 Å². The molecule has 1 amide bonds. The van der Waals surface area contributed by atoms with Crippen LogP contribution in [0.15, 0.2) is 59.6 Å². The van der Waals surface area contributed by atoms with Gasteiger partial charge in [-0.25, -0.2) is 4.99 Å². The van der Waals surface area contributed by atoms with E-state index in [4.69, 9.17) is 4.99 Å². The van der Waals surface area contributed by atoms with Crippen LogP contribution in [0, 0.1) is 0 Å². The number of thiophene rings is 1. The van der Waals surface area contributed by atoms with Crippen LogP contribution in [0.5, 0.6) is 0 Å². The average Bonchev–Trinajstić information content (AvgIpc) is 3.09.